The molecular formula is C14H18N2O3S. The summed E-state index contributed by atoms with van der Waals surface area (Å²) in [5.41, 5.74) is 1.84. The lowest BCUT2D eigenvalue weighted by Gasteiger charge is -2.05. The molecule has 0 unspecified atom stereocenters. The van der Waals surface area contributed by atoms with Crippen molar-refractivity contribution in [1.29, 1.82) is 0 Å². The number of hydrogen-bond donors (Lipinski definition) is 1. The SMILES string of the molecule is CCCc1cc(OCc2cc(C)nn2C)c(C(=O)O)s1. The van der Waals surface area contributed by atoms with Gasteiger partial charge in [0, 0.05) is 11.9 Å². The van der Waals surface area contributed by atoms with E-state index in [4.69, 9.17) is 4.74 Å². The van der Waals surface area contributed by atoms with Crippen molar-refractivity contribution in [2.75, 3.05) is 0 Å². The Kier molecular flexibility index (Phi) is 4.44. The van der Waals surface area contributed by atoms with Crippen LogP contribution >= 0.6 is 11.3 Å². The first-order chi connectivity index (χ1) is 9.51. The van der Waals surface area contributed by atoms with Crippen LogP contribution in [0.1, 0.15) is 39.3 Å². The number of thiophene rings is 1. The lowest BCUT2D eigenvalue weighted by atomic mass is 10.3. The number of carboxylic acid groups (broad SMARTS) is 1. The molecule has 6 heteroatoms. The van der Waals surface area contributed by atoms with Gasteiger partial charge in [0.25, 0.3) is 0 Å². The van der Waals surface area contributed by atoms with Gasteiger partial charge in [-0.2, -0.15) is 5.10 Å². The second kappa shape index (κ2) is 6.09. The molecule has 20 heavy (non-hydrogen) atoms. The van der Waals surface area contributed by atoms with Crippen molar-refractivity contribution in [1.82, 2.24) is 9.78 Å². The lowest BCUT2D eigenvalue weighted by molar-refractivity contribution is 0.0697. The van der Waals surface area contributed by atoms with Gasteiger partial charge in [-0.25, -0.2) is 4.79 Å². The van der Waals surface area contributed by atoms with Crippen LogP contribution in [-0.4, -0.2) is 20.9 Å². The molecule has 1 N–H and O–H groups in total. The third-order valence-electron chi connectivity index (χ3n) is 2.91. The van der Waals surface area contributed by atoms with Crippen LogP contribution in [0.5, 0.6) is 5.75 Å². The van der Waals surface area contributed by atoms with Gasteiger partial charge in [0.1, 0.15) is 12.4 Å². The molecule has 2 aromatic heterocycles. The van der Waals surface area contributed by atoms with E-state index in [9.17, 15) is 9.90 Å². The number of carboxylic acids is 1. The molecule has 0 saturated heterocycles. The molecule has 0 spiro atoms. The predicted octanol–water partition coefficient (Wildman–Crippen LogP) is 3.02. The minimum atomic E-state index is -0.937. The molecule has 0 aliphatic carbocycles. The second-order valence-electron chi connectivity index (χ2n) is 4.65. The summed E-state index contributed by atoms with van der Waals surface area (Å²) in [7, 11) is 1.85. The summed E-state index contributed by atoms with van der Waals surface area (Å²) in [6, 6.07) is 3.76. The van der Waals surface area contributed by atoms with Gasteiger partial charge in [0.2, 0.25) is 0 Å². The molecule has 0 saturated carbocycles. The van der Waals surface area contributed by atoms with E-state index < -0.39 is 5.97 Å². The molecule has 5 nitrogen and oxygen atoms in total. The fraction of sp³-hybridized carbons (Fsp3) is 0.429. The van der Waals surface area contributed by atoms with E-state index in [1.807, 2.05) is 26.1 Å². The summed E-state index contributed by atoms with van der Waals surface area (Å²) < 4.78 is 7.42. The van der Waals surface area contributed by atoms with Gasteiger partial charge < -0.3 is 9.84 Å². The molecule has 0 bridgehead atoms. The minimum absolute atomic E-state index is 0.271. The Morgan fingerprint density at radius 1 is 1.50 bits per heavy atom. The van der Waals surface area contributed by atoms with Crippen molar-refractivity contribution >= 4 is 17.3 Å². The lowest BCUT2D eigenvalue weighted by Crippen LogP contribution is -2.04. The van der Waals surface area contributed by atoms with Crippen LogP contribution in [0, 0.1) is 6.92 Å². The van der Waals surface area contributed by atoms with Crippen LogP contribution in [-0.2, 0) is 20.1 Å². The molecule has 0 radical (unpaired) electrons. The van der Waals surface area contributed by atoms with E-state index in [0.29, 0.717) is 12.4 Å². The van der Waals surface area contributed by atoms with Gasteiger partial charge in [-0.15, -0.1) is 11.3 Å². The largest absolute Gasteiger partial charge is 0.486 e. The standard InChI is InChI=1S/C14H18N2O3S/c1-4-5-11-7-12(13(20-11)14(17)18)19-8-10-6-9(2)15-16(10)3/h6-7H,4-5,8H2,1-3H3,(H,17,18). The molecule has 0 aliphatic heterocycles. The Balaban J connectivity index is 2.15. The number of rotatable bonds is 6. The Hall–Kier alpha value is -1.82. The Labute approximate surface area is 121 Å². The van der Waals surface area contributed by atoms with Crippen LogP contribution in [0.3, 0.4) is 0 Å². The van der Waals surface area contributed by atoms with Gasteiger partial charge in [0.15, 0.2) is 4.88 Å². The van der Waals surface area contributed by atoms with E-state index in [1.54, 1.807) is 4.68 Å². The van der Waals surface area contributed by atoms with E-state index in [0.717, 1.165) is 29.1 Å². The van der Waals surface area contributed by atoms with Crippen LogP contribution in [0.2, 0.25) is 0 Å². The fourth-order valence-electron chi connectivity index (χ4n) is 2.00. The number of aromatic nitrogens is 2. The van der Waals surface area contributed by atoms with Gasteiger partial charge in [0.05, 0.1) is 11.4 Å². The third-order valence-corrected chi connectivity index (χ3v) is 4.08. The average molecular weight is 294 g/mol. The predicted molar refractivity (Wildman–Crippen MR) is 77.6 cm³/mol. The van der Waals surface area contributed by atoms with Gasteiger partial charge in [-0.05, 0) is 25.5 Å². The fourth-order valence-corrected chi connectivity index (χ4v) is 3.04. The monoisotopic (exact) mass is 294 g/mol. The maximum atomic E-state index is 11.2. The van der Waals surface area contributed by atoms with Crippen molar-refractivity contribution in [3.8, 4) is 5.75 Å². The zero-order valence-electron chi connectivity index (χ0n) is 11.8. The summed E-state index contributed by atoms with van der Waals surface area (Å²) in [5.74, 6) is -0.488. The maximum Gasteiger partial charge on any atom is 0.349 e. The highest BCUT2D eigenvalue weighted by Gasteiger charge is 2.17. The van der Waals surface area contributed by atoms with Crippen molar-refractivity contribution in [3.63, 3.8) is 0 Å². The average Bonchev–Trinajstić information content (AvgIpc) is 2.91. The molecule has 0 amide bonds. The summed E-state index contributed by atoms with van der Waals surface area (Å²) in [6.07, 6.45) is 1.86. The smallest absolute Gasteiger partial charge is 0.349 e. The zero-order chi connectivity index (χ0) is 14.7. The topological polar surface area (TPSA) is 64.4 Å². The van der Waals surface area contributed by atoms with Crippen LogP contribution in [0.15, 0.2) is 12.1 Å². The number of aromatic carboxylic acids is 1. The van der Waals surface area contributed by atoms with Crippen molar-refractivity contribution in [2.24, 2.45) is 7.05 Å². The first kappa shape index (κ1) is 14.6. The van der Waals surface area contributed by atoms with E-state index in [2.05, 4.69) is 12.0 Å². The van der Waals surface area contributed by atoms with Gasteiger partial charge in [-0.1, -0.05) is 13.3 Å². The molecule has 0 fully saturated rings. The number of carbonyl (C=O) groups is 1. The summed E-state index contributed by atoms with van der Waals surface area (Å²) in [5, 5.41) is 13.5. The number of hydrogen-bond acceptors (Lipinski definition) is 4. The van der Waals surface area contributed by atoms with Crippen LogP contribution in [0.25, 0.3) is 0 Å². The molecule has 108 valence electrons. The van der Waals surface area contributed by atoms with Crippen molar-refractivity contribution in [3.05, 3.63) is 33.3 Å². The second-order valence-corrected chi connectivity index (χ2v) is 5.79. The molecule has 2 aromatic rings. The van der Waals surface area contributed by atoms with E-state index in [1.165, 1.54) is 11.3 Å². The van der Waals surface area contributed by atoms with Gasteiger partial charge in [-0.3, -0.25) is 4.68 Å². The molecular weight excluding hydrogens is 276 g/mol. The normalized spacial score (nSPS) is 10.8. The first-order valence-corrected chi connectivity index (χ1v) is 7.31. The van der Waals surface area contributed by atoms with Crippen LogP contribution in [0.4, 0.5) is 0 Å². The Morgan fingerprint density at radius 2 is 2.25 bits per heavy atom. The molecule has 0 atom stereocenters. The number of nitrogens with zero attached hydrogens (tertiary/aromatic N) is 2. The third kappa shape index (κ3) is 3.19. The zero-order valence-corrected chi connectivity index (χ0v) is 12.7. The number of aryl methyl sites for hydroxylation is 3. The summed E-state index contributed by atoms with van der Waals surface area (Å²) >= 11 is 1.29. The van der Waals surface area contributed by atoms with E-state index in [-0.39, 0.29) is 4.88 Å². The highest BCUT2D eigenvalue weighted by Crippen LogP contribution is 2.31. The van der Waals surface area contributed by atoms with E-state index >= 15 is 0 Å². The van der Waals surface area contributed by atoms with Crippen molar-refractivity contribution in [2.45, 2.75) is 33.3 Å². The first-order valence-electron chi connectivity index (χ1n) is 6.49. The highest BCUT2D eigenvalue weighted by atomic mass is 32.1. The van der Waals surface area contributed by atoms with Crippen LogP contribution < -0.4 is 4.74 Å². The molecule has 2 rings (SSSR count). The maximum absolute atomic E-state index is 11.2. The molecule has 0 aliphatic rings. The Bertz CT molecular complexity index is 616. The van der Waals surface area contributed by atoms with Crippen molar-refractivity contribution < 1.29 is 14.6 Å². The summed E-state index contributed by atoms with van der Waals surface area (Å²) in [6.45, 7) is 4.30. The summed E-state index contributed by atoms with van der Waals surface area (Å²) in [4.78, 5) is 12.5. The quantitative estimate of drug-likeness (QED) is 0.889. The highest BCUT2D eigenvalue weighted by molar-refractivity contribution is 7.14. The molecule has 2 heterocycles. The number of ether oxygens (including phenoxy) is 1. The minimum Gasteiger partial charge on any atom is -0.486 e. The van der Waals surface area contributed by atoms with Gasteiger partial charge >= 0.3 is 5.97 Å². The Morgan fingerprint density at radius 3 is 2.80 bits per heavy atom. The molecule has 0 aromatic carbocycles.